The van der Waals surface area contributed by atoms with Gasteiger partial charge in [0.05, 0.1) is 16.9 Å². The summed E-state index contributed by atoms with van der Waals surface area (Å²) in [5, 5.41) is 5.63. The molecule has 18 heavy (non-hydrogen) atoms. The van der Waals surface area contributed by atoms with E-state index in [1.54, 1.807) is 31.3 Å². The third-order valence-corrected chi connectivity index (χ3v) is 2.49. The van der Waals surface area contributed by atoms with Gasteiger partial charge in [-0.25, -0.2) is 4.98 Å². The van der Waals surface area contributed by atoms with Crippen molar-refractivity contribution >= 4 is 23.1 Å². The Labute approximate surface area is 105 Å². The average molecular weight is 242 g/mol. The maximum atomic E-state index is 11.9. The Morgan fingerprint density at radius 2 is 2.00 bits per heavy atom. The maximum Gasteiger partial charge on any atom is 0.257 e. The fourth-order valence-electron chi connectivity index (χ4n) is 1.48. The Morgan fingerprint density at radius 3 is 2.61 bits per heavy atom. The lowest BCUT2D eigenvalue weighted by Crippen LogP contribution is -2.13. The minimum Gasteiger partial charge on any atom is -0.397 e. The first-order valence-electron chi connectivity index (χ1n) is 5.50. The number of nitrogen functional groups attached to an aromatic ring is 1. The van der Waals surface area contributed by atoms with Crippen LogP contribution in [0, 0.1) is 0 Å². The molecule has 2 rings (SSSR count). The summed E-state index contributed by atoms with van der Waals surface area (Å²) < 4.78 is 0. The van der Waals surface area contributed by atoms with Gasteiger partial charge in [-0.2, -0.15) is 0 Å². The van der Waals surface area contributed by atoms with Crippen LogP contribution in [0.3, 0.4) is 0 Å². The van der Waals surface area contributed by atoms with Crippen LogP contribution >= 0.6 is 0 Å². The number of hydrogen-bond acceptors (Lipinski definition) is 4. The van der Waals surface area contributed by atoms with Crippen molar-refractivity contribution in [2.75, 3.05) is 23.4 Å². The number of carbonyl (C=O) groups is 1. The molecule has 92 valence electrons. The van der Waals surface area contributed by atoms with Crippen LogP contribution in [-0.2, 0) is 0 Å². The van der Waals surface area contributed by atoms with E-state index in [0.717, 1.165) is 0 Å². The van der Waals surface area contributed by atoms with Gasteiger partial charge in [-0.1, -0.05) is 12.1 Å². The lowest BCUT2D eigenvalue weighted by Gasteiger charge is -2.07. The standard InChI is InChI=1S/C13H14N4O/c1-15-12-7-6-9(8-16-12)13(18)17-11-5-3-2-4-10(11)14/h2-8H,14H2,1H3,(H,15,16)(H,17,18). The number of pyridine rings is 1. The molecule has 0 radical (unpaired) electrons. The highest BCUT2D eigenvalue weighted by Gasteiger charge is 2.07. The van der Waals surface area contributed by atoms with E-state index >= 15 is 0 Å². The van der Waals surface area contributed by atoms with E-state index < -0.39 is 0 Å². The van der Waals surface area contributed by atoms with Gasteiger partial charge in [0.2, 0.25) is 0 Å². The molecule has 0 bridgehead atoms. The second kappa shape index (κ2) is 5.18. The van der Waals surface area contributed by atoms with E-state index in [2.05, 4.69) is 15.6 Å². The van der Waals surface area contributed by atoms with Gasteiger partial charge in [0.15, 0.2) is 0 Å². The fourth-order valence-corrected chi connectivity index (χ4v) is 1.48. The highest BCUT2D eigenvalue weighted by Crippen LogP contribution is 2.17. The lowest BCUT2D eigenvalue weighted by atomic mass is 10.2. The van der Waals surface area contributed by atoms with Crippen molar-refractivity contribution in [3.8, 4) is 0 Å². The number of nitrogens with zero attached hydrogens (tertiary/aromatic N) is 1. The molecule has 0 saturated heterocycles. The van der Waals surface area contributed by atoms with Crippen molar-refractivity contribution in [3.63, 3.8) is 0 Å². The van der Waals surface area contributed by atoms with Crippen molar-refractivity contribution in [1.29, 1.82) is 0 Å². The number of nitrogens with two attached hydrogens (primary N) is 1. The number of carbonyl (C=O) groups excluding carboxylic acids is 1. The quantitative estimate of drug-likeness (QED) is 0.719. The molecular formula is C13H14N4O. The number of benzene rings is 1. The number of para-hydroxylation sites is 2. The molecule has 1 aromatic heterocycles. The highest BCUT2D eigenvalue weighted by molar-refractivity contribution is 6.05. The van der Waals surface area contributed by atoms with Crippen molar-refractivity contribution < 1.29 is 4.79 Å². The second-order valence-electron chi connectivity index (χ2n) is 3.72. The predicted octanol–water partition coefficient (Wildman–Crippen LogP) is 1.96. The molecule has 5 heteroatoms. The van der Waals surface area contributed by atoms with Crippen LogP contribution < -0.4 is 16.4 Å². The van der Waals surface area contributed by atoms with E-state index in [1.165, 1.54) is 6.20 Å². The summed E-state index contributed by atoms with van der Waals surface area (Å²) in [5.41, 5.74) is 7.37. The zero-order chi connectivity index (χ0) is 13.0. The molecule has 1 heterocycles. The zero-order valence-corrected chi connectivity index (χ0v) is 9.97. The number of anilines is 3. The van der Waals surface area contributed by atoms with Gasteiger partial charge >= 0.3 is 0 Å². The van der Waals surface area contributed by atoms with Crippen LogP contribution in [0.25, 0.3) is 0 Å². The van der Waals surface area contributed by atoms with Crippen LogP contribution in [0.1, 0.15) is 10.4 Å². The van der Waals surface area contributed by atoms with Crippen molar-refractivity contribution in [2.24, 2.45) is 0 Å². The lowest BCUT2D eigenvalue weighted by molar-refractivity contribution is 0.102. The first kappa shape index (κ1) is 11.9. The molecule has 4 N–H and O–H groups in total. The fraction of sp³-hybridized carbons (Fsp3) is 0.0769. The predicted molar refractivity (Wildman–Crippen MR) is 72.6 cm³/mol. The third-order valence-electron chi connectivity index (χ3n) is 2.49. The van der Waals surface area contributed by atoms with Crippen LogP contribution in [0.15, 0.2) is 42.6 Å². The van der Waals surface area contributed by atoms with Gasteiger partial charge in [-0.15, -0.1) is 0 Å². The van der Waals surface area contributed by atoms with Gasteiger partial charge in [0.1, 0.15) is 5.82 Å². The Bertz CT molecular complexity index is 551. The van der Waals surface area contributed by atoms with Gasteiger partial charge in [-0.3, -0.25) is 4.79 Å². The first-order chi connectivity index (χ1) is 8.70. The van der Waals surface area contributed by atoms with Gasteiger partial charge in [0.25, 0.3) is 5.91 Å². The van der Waals surface area contributed by atoms with Crippen LogP contribution in [-0.4, -0.2) is 17.9 Å². The molecule has 0 fully saturated rings. The monoisotopic (exact) mass is 242 g/mol. The number of hydrogen-bond donors (Lipinski definition) is 3. The molecule has 1 amide bonds. The molecule has 0 saturated carbocycles. The van der Waals surface area contributed by atoms with Crippen molar-refractivity contribution in [2.45, 2.75) is 0 Å². The number of nitrogens with one attached hydrogen (secondary N) is 2. The van der Waals surface area contributed by atoms with Gasteiger partial charge in [0, 0.05) is 13.2 Å². The largest absolute Gasteiger partial charge is 0.397 e. The molecule has 5 nitrogen and oxygen atoms in total. The molecule has 0 aliphatic heterocycles. The number of amides is 1. The van der Waals surface area contributed by atoms with Crippen molar-refractivity contribution in [3.05, 3.63) is 48.2 Å². The molecule has 1 aromatic carbocycles. The molecule has 0 aliphatic carbocycles. The second-order valence-corrected chi connectivity index (χ2v) is 3.72. The summed E-state index contributed by atoms with van der Waals surface area (Å²) in [7, 11) is 1.77. The van der Waals surface area contributed by atoms with E-state index in [4.69, 9.17) is 5.73 Å². The minimum atomic E-state index is -0.233. The minimum absolute atomic E-state index is 0.233. The smallest absolute Gasteiger partial charge is 0.257 e. The molecule has 0 aliphatic rings. The zero-order valence-electron chi connectivity index (χ0n) is 9.97. The van der Waals surface area contributed by atoms with Crippen LogP contribution in [0.2, 0.25) is 0 Å². The summed E-state index contributed by atoms with van der Waals surface area (Å²) >= 11 is 0. The molecule has 2 aromatic rings. The average Bonchev–Trinajstić information content (AvgIpc) is 2.41. The summed E-state index contributed by atoms with van der Waals surface area (Å²) in [6.45, 7) is 0. The van der Waals surface area contributed by atoms with E-state index in [1.807, 2.05) is 12.1 Å². The Hall–Kier alpha value is -2.56. The highest BCUT2D eigenvalue weighted by atomic mass is 16.1. The molecule has 0 spiro atoms. The third kappa shape index (κ3) is 2.57. The summed E-state index contributed by atoms with van der Waals surface area (Å²) in [6.07, 6.45) is 1.51. The van der Waals surface area contributed by atoms with Gasteiger partial charge < -0.3 is 16.4 Å². The van der Waals surface area contributed by atoms with Crippen LogP contribution in [0.5, 0.6) is 0 Å². The number of rotatable bonds is 3. The van der Waals surface area contributed by atoms with Gasteiger partial charge in [-0.05, 0) is 24.3 Å². The molecule has 0 unspecified atom stereocenters. The first-order valence-corrected chi connectivity index (χ1v) is 5.50. The molecular weight excluding hydrogens is 228 g/mol. The Balaban J connectivity index is 2.14. The Morgan fingerprint density at radius 1 is 1.22 bits per heavy atom. The topological polar surface area (TPSA) is 80.0 Å². The number of aromatic nitrogens is 1. The molecule has 0 atom stereocenters. The SMILES string of the molecule is CNc1ccc(C(=O)Nc2ccccc2N)cn1. The summed E-state index contributed by atoms with van der Waals surface area (Å²) in [4.78, 5) is 16.0. The van der Waals surface area contributed by atoms with Crippen molar-refractivity contribution in [1.82, 2.24) is 4.98 Å². The maximum absolute atomic E-state index is 11.9. The van der Waals surface area contributed by atoms with E-state index in [9.17, 15) is 4.79 Å². The normalized spacial score (nSPS) is 9.83. The Kier molecular flexibility index (Phi) is 3.43. The summed E-state index contributed by atoms with van der Waals surface area (Å²) in [5.74, 6) is 0.480. The summed E-state index contributed by atoms with van der Waals surface area (Å²) in [6, 6.07) is 10.6. The van der Waals surface area contributed by atoms with E-state index in [-0.39, 0.29) is 5.91 Å². The van der Waals surface area contributed by atoms with E-state index in [0.29, 0.717) is 22.8 Å². The van der Waals surface area contributed by atoms with Crippen LogP contribution in [0.4, 0.5) is 17.2 Å².